The van der Waals surface area contributed by atoms with Gasteiger partial charge < -0.3 is 5.32 Å². The zero-order chi connectivity index (χ0) is 16.5. The van der Waals surface area contributed by atoms with E-state index in [0.717, 1.165) is 12.8 Å². The van der Waals surface area contributed by atoms with E-state index in [9.17, 15) is 13.2 Å². The molecule has 1 aromatic heterocycles. The van der Waals surface area contributed by atoms with Crippen LogP contribution in [0.1, 0.15) is 46.2 Å². The van der Waals surface area contributed by atoms with Crippen molar-refractivity contribution in [1.82, 2.24) is 19.8 Å². The van der Waals surface area contributed by atoms with Gasteiger partial charge in [0.15, 0.2) is 0 Å². The molecule has 0 aromatic carbocycles. The van der Waals surface area contributed by atoms with Crippen LogP contribution in [0.2, 0.25) is 0 Å². The minimum Gasteiger partial charge on any atom is -0.352 e. The van der Waals surface area contributed by atoms with Gasteiger partial charge in [-0.25, -0.2) is 8.42 Å². The number of aromatic nitrogens is 2. The first-order valence-electron chi connectivity index (χ1n) is 7.43. The quantitative estimate of drug-likeness (QED) is 0.865. The van der Waals surface area contributed by atoms with Crippen LogP contribution in [0.5, 0.6) is 0 Å². The van der Waals surface area contributed by atoms with Gasteiger partial charge in [0.05, 0.1) is 11.9 Å². The fraction of sp³-hybridized carbons (Fsp3) is 0.714. The van der Waals surface area contributed by atoms with Crippen LogP contribution in [0.4, 0.5) is 0 Å². The number of piperidine rings is 1. The minimum absolute atomic E-state index is 0.133. The normalized spacial score (nSPS) is 20.8. The van der Waals surface area contributed by atoms with E-state index in [1.165, 1.54) is 17.4 Å². The summed E-state index contributed by atoms with van der Waals surface area (Å²) in [6.07, 6.45) is 2.90. The van der Waals surface area contributed by atoms with Gasteiger partial charge in [0, 0.05) is 31.5 Å². The van der Waals surface area contributed by atoms with Gasteiger partial charge in [-0.1, -0.05) is 20.8 Å². The summed E-state index contributed by atoms with van der Waals surface area (Å²) in [6, 6.07) is -0.133. The van der Waals surface area contributed by atoms with Gasteiger partial charge >= 0.3 is 0 Å². The predicted molar refractivity (Wildman–Crippen MR) is 82.9 cm³/mol. The molecule has 1 aliphatic rings. The Balaban J connectivity index is 2.27. The van der Waals surface area contributed by atoms with Crippen LogP contribution in [0.25, 0.3) is 0 Å². The number of aromatic amines is 1. The average Bonchev–Trinajstić information content (AvgIpc) is 2.88. The number of carbonyl (C=O) groups is 1. The van der Waals surface area contributed by atoms with E-state index in [1.807, 2.05) is 20.8 Å². The van der Waals surface area contributed by atoms with Gasteiger partial charge in [-0.3, -0.25) is 9.89 Å². The number of amides is 1. The van der Waals surface area contributed by atoms with Crippen molar-refractivity contribution in [2.24, 2.45) is 0 Å². The van der Waals surface area contributed by atoms with Gasteiger partial charge in [0.2, 0.25) is 15.9 Å². The number of carbonyl (C=O) groups excluding carboxylic acids is 1. The second kappa shape index (κ2) is 6.00. The van der Waals surface area contributed by atoms with Gasteiger partial charge in [-0.05, 0) is 12.8 Å². The van der Waals surface area contributed by atoms with E-state index in [1.54, 1.807) is 0 Å². The Morgan fingerprint density at radius 1 is 1.45 bits per heavy atom. The first-order chi connectivity index (χ1) is 10.1. The third kappa shape index (κ3) is 3.49. The number of hydrogen-bond donors (Lipinski definition) is 2. The molecule has 124 valence electrons. The highest BCUT2D eigenvalue weighted by molar-refractivity contribution is 7.89. The summed E-state index contributed by atoms with van der Waals surface area (Å²) < 4.78 is 27.2. The lowest BCUT2D eigenvalue weighted by Crippen LogP contribution is -2.49. The summed E-state index contributed by atoms with van der Waals surface area (Å²) in [5.74, 6) is -0.136. The third-order valence-electron chi connectivity index (χ3n) is 3.76. The van der Waals surface area contributed by atoms with Gasteiger partial charge in [-0.15, -0.1) is 0 Å². The van der Waals surface area contributed by atoms with E-state index < -0.39 is 10.0 Å². The maximum atomic E-state index is 12.9. The van der Waals surface area contributed by atoms with E-state index in [-0.39, 0.29) is 22.3 Å². The first kappa shape index (κ1) is 17.0. The van der Waals surface area contributed by atoms with Crippen molar-refractivity contribution in [1.29, 1.82) is 0 Å². The Morgan fingerprint density at radius 3 is 2.73 bits per heavy atom. The molecule has 0 bridgehead atoms. The van der Waals surface area contributed by atoms with Crippen LogP contribution in [-0.4, -0.2) is 48.0 Å². The molecule has 1 aliphatic heterocycles. The van der Waals surface area contributed by atoms with Crippen molar-refractivity contribution in [2.45, 2.75) is 56.9 Å². The molecule has 1 aromatic rings. The van der Waals surface area contributed by atoms with E-state index in [4.69, 9.17) is 0 Å². The smallest absolute Gasteiger partial charge is 0.246 e. The number of hydrogen-bond acceptors (Lipinski definition) is 4. The summed E-state index contributed by atoms with van der Waals surface area (Å²) in [5, 5.41) is 9.53. The van der Waals surface area contributed by atoms with Gasteiger partial charge in [0.1, 0.15) is 4.90 Å². The Labute approximate surface area is 131 Å². The van der Waals surface area contributed by atoms with Crippen LogP contribution in [0.3, 0.4) is 0 Å². The molecule has 0 saturated carbocycles. The number of nitrogens with one attached hydrogen (secondary N) is 2. The molecule has 1 atom stereocenters. The molecule has 0 unspecified atom stereocenters. The lowest BCUT2D eigenvalue weighted by Gasteiger charge is -2.32. The second-order valence-corrected chi connectivity index (χ2v) is 8.67. The number of nitrogens with zero attached hydrogens (tertiary/aromatic N) is 2. The highest BCUT2D eigenvalue weighted by Crippen LogP contribution is 2.29. The van der Waals surface area contributed by atoms with Crippen LogP contribution < -0.4 is 5.32 Å². The van der Waals surface area contributed by atoms with Gasteiger partial charge in [0.25, 0.3) is 0 Å². The SMILES string of the molecule is CC(=O)N[C@@H]1CCCN(S(=O)(=O)c2cn[nH]c2C(C)(C)C)C1. The molecule has 0 spiro atoms. The Morgan fingerprint density at radius 2 is 2.14 bits per heavy atom. The fourth-order valence-electron chi connectivity index (χ4n) is 2.71. The van der Waals surface area contributed by atoms with Gasteiger partial charge in [-0.2, -0.15) is 9.40 Å². The van der Waals surface area contributed by atoms with E-state index >= 15 is 0 Å². The molecule has 0 aliphatic carbocycles. The fourth-order valence-corrected chi connectivity index (χ4v) is 4.53. The number of rotatable bonds is 3. The number of H-pyrrole nitrogens is 1. The monoisotopic (exact) mass is 328 g/mol. The lowest BCUT2D eigenvalue weighted by molar-refractivity contribution is -0.119. The molecule has 2 heterocycles. The zero-order valence-electron chi connectivity index (χ0n) is 13.5. The van der Waals surface area contributed by atoms with Crippen molar-refractivity contribution < 1.29 is 13.2 Å². The summed E-state index contributed by atoms with van der Waals surface area (Å²) in [4.78, 5) is 11.4. The maximum absolute atomic E-state index is 12.9. The molecule has 22 heavy (non-hydrogen) atoms. The molecular formula is C14H24N4O3S. The Kier molecular flexibility index (Phi) is 4.62. The highest BCUT2D eigenvalue weighted by Gasteiger charge is 2.35. The summed E-state index contributed by atoms with van der Waals surface area (Å²) in [6.45, 7) is 8.03. The molecule has 1 fully saturated rings. The van der Waals surface area contributed by atoms with Crippen molar-refractivity contribution in [2.75, 3.05) is 13.1 Å². The van der Waals surface area contributed by atoms with Crippen LogP contribution in [0.15, 0.2) is 11.1 Å². The molecule has 8 heteroatoms. The highest BCUT2D eigenvalue weighted by atomic mass is 32.2. The van der Waals surface area contributed by atoms with Crippen molar-refractivity contribution in [3.63, 3.8) is 0 Å². The summed E-state index contributed by atoms with van der Waals surface area (Å²) >= 11 is 0. The lowest BCUT2D eigenvalue weighted by atomic mass is 9.92. The van der Waals surface area contributed by atoms with Crippen molar-refractivity contribution in [3.8, 4) is 0 Å². The Hall–Kier alpha value is -1.41. The third-order valence-corrected chi connectivity index (χ3v) is 5.64. The van der Waals surface area contributed by atoms with E-state index in [0.29, 0.717) is 18.8 Å². The zero-order valence-corrected chi connectivity index (χ0v) is 14.3. The topological polar surface area (TPSA) is 95.2 Å². The van der Waals surface area contributed by atoms with Crippen LogP contribution in [0, 0.1) is 0 Å². The maximum Gasteiger partial charge on any atom is 0.246 e. The van der Waals surface area contributed by atoms with Crippen LogP contribution in [-0.2, 0) is 20.2 Å². The minimum atomic E-state index is -3.61. The van der Waals surface area contributed by atoms with E-state index in [2.05, 4.69) is 15.5 Å². The largest absolute Gasteiger partial charge is 0.352 e. The molecule has 7 nitrogen and oxygen atoms in total. The van der Waals surface area contributed by atoms with Crippen molar-refractivity contribution in [3.05, 3.63) is 11.9 Å². The van der Waals surface area contributed by atoms with Crippen molar-refractivity contribution >= 4 is 15.9 Å². The number of sulfonamides is 1. The summed E-state index contributed by atoms with van der Waals surface area (Å²) in [5.41, 5.74) is 0.264. The molecule has 2 rings (SSSR count). The molecule has 2 N–H and O–H groups in total. The first-order valence-corrected chi connectivity index (χ1v) is 8.87. The Bertz CT molecular complexity index is 645. The molecule has 0 radical (unpaired) electrons. The standard InChI is InChI=1S/C14H24N4O3S/c1-10(19)16-11-6-5-7-18(9-11)22(20,21)12-8-15-17-13(12)14(2,3)4/h8,11H,5-7,9H2,1-4H3,(H,15,17)(H,16,19)/t11-/m1/s1. The predicted octanol–water partition coefficient (Wildman–Crippen LogP) is 0.996. The molecular weight excluding hydrogens is 304 g/mol. The summed E-state index contributed by atoms with van der Waals surface area (Å²) in [7, 11) is -3.61. The second-order valence-electron chi connectivity index (χ2n) is 6.76. The molecule has 1 amide bonds. The average molecular weight is 328 g/mol. The van der Waals surface area contributed by atoms with Crippen LogP contribution >= 0.6 is 0 Å². The molecule has 1 saturated heterocycles.